The summed E-state index contributed by atoms with van der Waals surface area (Å²) in [4.78, 5) is 8.66. The van der Waals surface area contributed by atoms with Crippen LogP contribution in [0.15, 0.2) is 36.5 Å². The van der Waals surface area contributed by atoms with E-state index >= 15 is 0 Å². The summed E-state index contributed by atoms with van der Waals surface area (Å²) in [5.74, 6) is 1.90. The summed E-state index contributed by atoms with van der Waals surface area (Å²) in [5.41, 5.74) is 2.15. The van der Waals surface area contributed by atoms with E-state index in [1.165, 1.54) is 26.5 Å². The highest BCUT2D eigenvalue weighted by atomic mass is 35.5. The predicted octanol–water partition coefficient (Wildman–Crippen LogP) is 3.69. The van der Waals surface area contributed by atoms with Crippen LogP contribution in [0.1, 0.15) is 5.56 Å². The third kappa shape index (κ3) is 7.01. The molecule has 0 radical (unpaired) electrons. The van der Waals surface area contributed by atoms with Crippen molar-refractivity contribution in [2.75, 3.05) is 49.0 Å². The quantitative estimate of drug-likeness (QED) is 0.293. The highest BCUT2D eigenvalue weighted by Crippen LogP contribution is 2.35. The van der Waals surface area contributed by atoms with Gasteiger partial charge in [-0.15, -0.1) is 0 Å². The summed E-state index contributed by atoms with van der Waals surface area (Å²) in [6, 6.07) is 8.33. The van der Waals surface area contributed by atoms with Crippen molar-refractivity contribution in [2.45, 2.75) is 6.92 Å². The van der Waals surface area contributed by atoms with Gasteiger partial charge in [0.15, 0.2) is 17.3 Å². The van der Waals surface area contributed by atoms with Crippen LogP contribution in [0, 0.1) is 6.92 Å². The Labute approximate surface area is 208 Å². The lowest BCUT2D eigenvalue weighted by Crippen LogP contribution is -2.11. The molecule has 0 aliphatic rings. The molecular formula is C22H26ClN5O6S. The fourth-order valence-electron chi connectivity index (χ4n) is 3.03. The number of hydrogen-bond donors (Lipinski definition) is 4. The van der Waals surface area contributed by atoms with Crippen molar-refractivity contribution in [1.82, 2.24) is 9.97 Å². The number of nitrogens with one attached hydrogen (secondary N) is 3. The Bertz CT molecular complexity index is 1310. The smallest absolute Gasteiger partial charge is 0.229 e. The van der Waals surface area contributed by atoms with E-state index in [4.69, 9.17) is 30.9 Å². The molecule has 1 heterocycles. The first-order valence-electron chi connectivity index (χ1n) is 10.3. The number of aliphatic hydroxyl groups excluding tert-OH is 1. The van der Waals surface area contributed by atoms with Crippen LogP contribution in [0.5, 0.6) is 17.2 Å². The third-order valence-corrected chi connectivity index (χ3v) is 5.49. The summed E-state index contributed by atoms with van der Waals surface area (Å²) in [6.45, 7) is 1.84. The van der Waals surface area contributed by atoms with Gasteiger partial charge < -0.3 is 30.0 Å². The first kappa shape index (κ1) is 26.1. The Balaban J connectivity index is 1.92. The summed E-state index contributed by atoms with van der Waals surface area (Å²) in [6.07, 6.45) is 2.46. The number of benzene rings is 2. The van der Waals surface area contributed by atoms with E-state index in [1.807, 2.05) is 6.92 Å². The summed E-state index contributed by atoms with van der Waals surface area (Å²) in [7, 11) is -0.551. The molecule has 0 aliphatic carbocycles. The molecule has 0 spiro atoms. The monoisotopic (exact) mass is 523 g/mol. The molecule has 13 heteroatoms. The fraction of sp³-hybridized carbons (Fsp3) is 0.273. The van der Waals surface area contributed by atoms with Crippen LogP contribution in [0.3, 0.4) is 0 Å². The summed E-state index contributed by atoms with van der Waals surface area (Å²) < 4.78 is 42.2. The molecule has 188 valence electrons. The Hall–Kier alpha value is -3.48. The first-order chi connectivity index (χ1) is 16.6. The number of rotatable bonds is 11. The average Bonchev–Trinajstić information content (AvgIpc) is 2.81. The topological polar surface area (TPSA) is 144 Å². The molecule has 4 N–H and O–H groups in total. The van der Waals surface area contributed by atoms with E-state index < -0.39 is 10.0 Å². The lowest BCUT2D eigenvalue weighted by atomic mass is 10.1. The van der Waals surface area contributed by atoms with Gasteiger partial charge in [0.05, 0.1) is 44.7 Å². The van der Waals surface area contributed by atoms with Gasteiger partial charge >= 0.3 is 0 Å². The summed E-state index contributed by atoms with van der Waals surface area (Å²) >= 11 is 6.31. The Morgan fingerprint density at radius 2 is 1.80 bits per heavy atom. The molecule has 11 nitrogen and oxygen atoms in total. The van der Waals surface area contributed by atoms with Crippen molar-refractivity contribution in [3.63, 3.8) is 0 Å². The number of nitrogens with zero attached hydrogens (tertiary/aromatic N) is 2. The highest BCUT2D eigenvalue weighted by Gasteiger charge is 2.15. The number of hydrogen-bond acceptors (Lipinski definition) is 10. The lowest BCUT2D eigenvalue weighted by Gasteiger charge is -2.16. The van der Waals surface area contributed by atoms with Crippen molar-refractivity contribution < 1.29 is 27.7 Å². The van der Waals surface area contributed by atoms with Crippen molar-refractivity contribution in [3.8, 4) is 17.2 Å². The molecule has 2 aromatic carbocycles. The number of aromatic nitrogens is 2. The minimum Gasteiger partial charge on any atom is -0.497 e. The van der Waals surface area contributed by atoms with Crippen molar-refractivity contribution in [3.05, 3.63) is 47.1 Å². The van der Waals surface area contributed by atoms with Crippen LogP contribution in [-0.2, 0) is 10.0 Å². The van der Waals surface area contributed by atoms with Crippen molar-refractivity contribution >= 4 is 50.5 Å². The molecule has 0 saturated carbocycles. The van der Waals surface area contributed by atoms with Crippen LogP contribution in [0.4, 0.5) is 28.8 Å². The van der Waals surface area contributed by atoms with Crippen LogP contribution >= 0.6 is 11.6 Å². The summed E-state index contributed by atoms with van der Waals surface area (Å²) in [5, 5.41) is 15.4. The van der Waals surface area contributed by atoms with E-state index in [1.54, 1.807) is 24.3 Å². The molecule has 1 aromatic heterocycles. The molecule has 35 heavy (non-hydrogen) atoms. The predicted molar refractivity (Wildman–Crippen MR) is 135 cm³/mol. The molecule has 3 aromatic rings. The van der Waals surface area contributed by atoms with Gasteiger partial charge in [-0.3, -0.25) is 4.72 Å². The number of anilines is 5. The Morgan fingerprint density at radius 3 is 2.46 bits per heavy atom. The van der Waals surface area contributed by atoms with Crippen molar-refractivity contribution in [1.29, 1.82) is 0 Å². The van der Waals surface area contributed by atoms with E-state index in [9.17, 15) is 8.42 Å². The van der Waals surface area contributed by atoms with Crippen molar-refractivity contribution in [2.24, 2.45) is 0 Å². The largest absolute Gasteiger partial charge is 0.497 e. The zero-order chi connectivity index (χ0) is 25.6. The molecule has 0 saturated heterocycles. The lowest BCUT2D eigenvalue weighted by molar-refractivity contribution is 0.196. The SMILES string of the molecule is COc1ccc(Nc2nc(Nc3cc(OCCO)c(OC)cc3C)ncc2Cl)c(NS(C)(=O)=O)c1. The van der Waals surface area contributed by atoms with Gasteiger partial charge in [-0.2, -0.15) is 4.98 Å². The van der Waals surface area contributed by atoms with Crippen LogP contribution in [-0.4, -0.2) is 57.2 Å². The number of halogens is 1. The molecule has 0 atom stereocenters. The fourth-order valence-corrected chi connectivity index (χ4v) is 3.74. The van der Waals surface area contributed by atoms with E-state index in [0.717, 1.165) is 11.8 Å². The number of aliphatic hydroxyl groups is 1. The maximum atomic E-state index is 11.8. The van der Waals surface area contributed by atoms with Gasteiger partial charge in [-0.25, -0.2) is 13.4 Å². The minimum absolute atomic E-state index is 0.107. The normalized spacial score (nSPS) is 11.0. The van der Waals surface area contributed by atoms with E-state index in [-0.39, 0.29) is 35.7 Å². The number of ether oxygens (including phenoxy) is 3. The maximum absolute atomic E-state index is 11.8. The second-order valence-corrected chi connectivity index (χ2v) is 9.47. The van der Waals surface area contributed by atoms with Gasteiger partial charge in [0.2, 0.25) is 16.0 Å². The zero-order valence-corrected chi connectivity index (χ0v) is 21.1. The Morgan fingerprint density at radius 1 is 1.03 bits per heavy atom. The van der Waals surface area contributed by atoms with Crippen LogP contribution < -0.4 is 29.6 Å². The number of sulfonamides is 1. The van der Waals surface area contributed by atoms with Gasteiger partial charge in [0, 0.05) is 17.8 Å². The standard InChI is InChI=1S/C22H26ClN5O6S/c1-13-9-19(33-3)20(34-8-7-29)11-17(13)26-22-24-12-15(23)21(27-22)25-16-6-5-14(32-2)10-18(16)28-35(4,30)31/h5-6,9-12,28-29H,7-8H2,1-4H3,(H2,24,25,26,27). The molecule has 0 fully saturated rings. The molecule has 3 rings (SSSR count). The second-order valence-electron chi connectivity index (χ2n) is 7.32. The molecular weight excluding hydrogens is 498 g/mol. The average molecular weight is 524 g/mol. The second kappa shape index (κ2) is 11.3. The molecule has 0 aliphatic heterocycles. The van der Waals surface area contributed by atoms with E-state index in [0.29, 0.717) is 28.6 Å². The molecule has 0 unspecified atom stereocenters. The maximum Gasteiger partial charge on any atom is 0.229 e. The highest BCUT2D eigenvalue weighted by molar-refractivity contribution is 7.92. The number of methoxy groups -OCH3 is 2. The van der Waals surface area contributed by atoms with Crippen LogP contribution in [0.2, 0.25) is 5.02 Å². The Kier molecular flexibility index (Phi) is 8.43. The van der Waals surface area contributed by atoms with Gasteiger partial charge in [0.1, 0.15) is 17.4 Å². The van der Waals surface area contributed by atoms with E-state index in [2.05, 4.69) is 25.3 Å². The molecule has 0 bridgehead atoms. The van der Waals surface area contributed by atoms with Gasteiger partial charge in [-0.05, 0) is 30.7 Å². The van der Waals surface area contributed by atoms with Gasteiger partial charge in [0.25, 0.3) is 0 Å². The van der Waals surface area contributed by atoms with Crippen LogP contribution in [0.25, 0.3) is 0 Å². The minimum atomic E-state index is -3.56. The van der Waals surface area contributed by atoms with Gasteiger partial charge in [-0.1, -0.05) is 11.6 Å². The zero-order valence-electron chi connectivity index (χ0n) is 19.5. The third-order valence-electron chi connectivity index (χ3n) is 4.63. The first-order valence-corrected chi connectivity index (χ1v) is 12.5. The number of aryl methyl sites for hydroxylation is 1. The molecule has 0 amide bonds.